The Kier molecular flexibility index (Phi) is 7.53. The van der Waals surface area contributed by atoms with Crippen molar-refractivity contribution in [3.05, 3.63) is 48.0 Å². The fraction of sp³-hybridized carbons (Fsp3) is 0.391. The smallest absolute Gasteiger partial charge is 0.257 e. The number of carbonyl (C=O) groups excluding carboxylic acids is 1. The van der Waals surface area contributed by atoms with Crippen molar-refractivity contribution in [2.24, 2.45) is 11.8 Å². The molecule has 0 saturated carbocycles. The van der Waals surface area contributed by atoms with Crippen LogP contribution < -0.4 is 10.1 Å². The molecule has 0 fully saturated rings. The lowest BCUT2D eigenvalue weighted by molar-refractivity contribution is 0.102. The van der Waals surface area contributed by atoms with Crippen molar-refractivity contribution < 1.29 is 17.9 Å². The molecular formula is C23H29N3O4S2. The van der Waals surface area contributed by atoms with E-state index < -0.39 is 10.0 Å². The highest BCUT2D eigenvalue weighted by atomic mass is 32.2. The van der Waals surface area contributed by atoms with Gasteiger partial charge < -0.3 is 4.74 Å². The Hall–Kier alpha value is -2.49. The molecule has 0 saturated heterocycles. The average Bonchev–Trinajstić information content (AvgIpc) is 3.15. The Morgan fingerprint density at radius 3 is 2.25 bits per heavy atom. The number of carbonyl (C=O) groups is 1. The SMILES string of the molecule is COc1cccc2sc(NC(=O)c3ccc(S(=O)(=O)N(CC(C)C)CC(C)C)cc3)nc12. The maximum Gasteiger partial charge on any atom is 0.257 e. The molecule has 0 aliphatic heterocycles. The van der Waals surface area contributed by atoms with E-state index in [0.717, 1.165) is 4.70 Å². The lowest BCUT2D eigenvalue weighted by atomic mass is 10.2. The predicted molar refractivity (Wildman–Crippen MR) is 129 cm³/mol. The third-order valence-electron chi connectivity index (χ3n) is 4.71. The third kappa shape index (κ3) is 5.46. The molecule has 3 rings (SSSR count). The number of hydrogen-bond acceptors (Lipinski definition) is 6. The van der Waals surface area contributed by atoms with E-state index in [2.05, 4.69) is 10.3 Å². The molecule has 172 valence electrons. The summed E-state index contributed by atoms with van der Waals surface area (Å²) in [5.74, 6) is 0.705. The van der Waals surface area contributed by atoms with Crippen LogP contribution in [0.15, 0.2) is 47.4 Å². The number of benzene rings is 2. The fourth-order valence-corrected chi connectivity index (χ4v) is 5.97. The average molecular weight is 476 g/mol. The number of thiazole rings is 1. The summed E-state index contributed by atoms with van der Waals surface area (Å²) in [5, 5.41) is 3.24. The minimum absolute atomic E-state index is 0.181. The summed E-state index contributed by atoms with van der Waals surface area (Å²) in [4.78, 5) is 17.3. The summed E-state index contributed by atoms with van der Waals surface area (Å²) in [7, 11) is -2.07. The summed E-state index contributed by atoms with van der Waals surface area (Å²) in [6.07, 6.45) is 0. The number of anilines is 1. The lowest BCUT2D eigenvalue weighted by Gasteiger charge is -2.25. The quantitative estimate of drug-likeness (QED) is 0.477. The summed E-state index contributed by atoms with van der Waals surface area (Å²) in [5.41, 5.74) is 1.04. The molecule has 9 heteroatoms. The van der Waals surface area contributed by atoms with Gasteiger partial charge in [-0.25, -0.2) is 13.4 Å². The number of ether oxygens (including phenoxy) is 1. The molecule has 0 bridgehead atoms. The molecular weight excluding hydrogens is 446 g/mol. The number of rotatable bonds is 9. The number of methoxy groups -OCH3 is 1. The summed E-state index contributed by atoms with van der Waals surface area (Å²) in [6, 6.07) is 11.6. The topological polar surface area (TPSA) is 88.6 Å². The van der Waals surface area contributed by atoms with Crippen molar-refractivity contribution in [1.29, 1.82) is 0 Å². The zero-order valence-corrected chi connectivity index (χ0v) is 20.6. The van der Waals surface area contributed by atoms with E-state index in [1.165, 1.54) is 39.9 Å². The molecule has 0 unspecified atom stereocenters. The van der Waals surface area contributed by atoms with Crippen molar-refractivity contribution in [3.63, 3.8) is 0 Å². The van der Waals surface area contributed by atoms with Gasteiger partial charge in [-0.2, -0.15) is 4.31 Å². The number of aromatic nitrogens is 1. The first-order valence-corrected chi connectivity index (χ1v) is 12.7. The van der Waals surface area contributed by atoms with Gasteiger partial charge in [-0.1, -0.05) is 45.1 Å². The van der Waals surface area contributed by atoms with Crippen LogP contribution in [-0.4, -0.2) is 43.8 Å². The van der Waals surface area contributed by atoms with E-state index in [0.29, 0.717) is 35.1 Å². The van der Waals surface area contributed by atoms with Gasteiger partial charge in [0.1, 0.15) is 11.3 Å². The summed E-state index contributed by atoms with van der Waals surface area (Å²) >= 11 is 1.35. The molecule has 1 amide bonds. The van der Waals surface area contributed by atoms with Crippen molar-refractivity contribution >= 4 is 42.6 Å². The van der Waals surface area contributed by atoms with Gasteiger partial charge >= 0.3 is 0 Å². The minimum atomic E-state index is -3.64. The summed E-state index contributed by atoms with van der Waals surface area (Å²) < 4.78 is 34.0. The molecule has 32 heavy (non-hydrogen) atoms. The monoisotopic (exact) mass is 475 g/mol. The van der Waals surface area contributed by atoms with E-state index >= 15 is 0 Å². The molecule has 0 spiro atoms. The number of nitrogens with one attached hydrogen (secondary N) is 1. The Bertz CT molecular complexity index is 1180. The second-order valence-corrected chi connectivity index (χ2v) is 11.4. The highest BCUT2D eigenvalue weighted by molar-refractivity contribution is 7.89. The largest absolute Gasteiger partial charge is 0.494 e. The van der Waals surface area contributed by atoms with Crippen LogP contribution in [0.3, 0.4) is 0 Å². The van der Waals surface area contributed by atoms with Crippen molar-refractivity contribution in [2.75, 3.05) is 25.5 Å². The Morgan fingerprint density at radius 2 is 1.69 bits per heavy atom. The first kappa shape index (κ1) is 24.2. The van der Waals surface area contributed by atoms with Gasteiger partial charge in [0, 0.05) is 18.7 Å². The molecule has 1 heterocycles. The Labute approximate surface area is 193 Å². The number of nitrogens with zero attached hydrogens (tertiary/aromatic N) is 2. The third-order valence-corrected chi connectivity index (χ3v) is 7.50. The number of hydrogen-bond donors (Lipinski definition) is 1. The molecule has 1 N–H and O–H groups in total. The molecule has 3 aromatic rings. The van der Waals surface area contributed by atoms with Gasteiger partial charge in [-0.15, -0.1) is 0 Å². The number of para-hydroxylation sites is 1. The van der Waals surface area contributed by atoms with Crippen LogP contribution in [-0.2, 0) is 10.0 Å². The highest BCUT2D eigenvalue weighted by Crippen LogP contribution is 2.32. The van der Waals surface area contributed by atoms with E-state index in [-0.39, 0.29) is 22.6 Å². The van der Waals surface area contributed by atoms with Gasteiger partial charge in [0.05, 0.1) is 16.7 Å². The van der Waals surface area contributed by atoms with Crippen LogP contribution >= 0.6 is 11.3 Å². The van der Waals surface area contributed by atoms with Crippen molar-refractivity contribution in [1.82, 2.24) is 9.29 Å². The van der Waals surface area contributed by atoms with Crippen LogP contribution in [0.4, 0.5) is 5.13 Å². The van der Waals surface area contributed by atoms with Gasteiger partial charge in [0.25, 0.3) is 5.91 Å². The first-order valence-electron chi connectivity index (χ1n) is 10.5. The van der Waals surface area contributed by atoms with Crippen LogP contribution in [0.25, 0.3) is 10.2 Å². The summed E-state index contributed by atoms with van der Waals surface area (Å²) in [6.45, 7) is 8.87. The zero-order chi connectivity index (χ0) is 23.5. The molecule has 2 aromatic carbocycles. The van der Waals surface area contributed by atoms with Crippen LogP contribution in [0.1, 0.15) is 38.1 Å². The maximum atomic E-state index is 13.1. The van der Waals surface area contributed by atoms with Crippen molar-refractivity contribution in [3.8, 4) is 5.75 Å². The first-order chi connectivity index (χ1) is 15.1. The second-order valence-electron chi connectivity index (χ2n) is 8.41. The number of amides is 1. The predicted octanol–water partition coefficient (Wildman–Crippen LogP) is 4.86. The molecule has 1 aromatic heterocycles. The lowest BCUT2D eigenvalue weighted by Crippen LogP contribution is -2.37. The van der Waals surface area contributed by atoms with Gasteiger partial charge in [0.2, 0.25) is 10.0 Å². The van der Waals surface area contributed by atoms with Crippen molar-refractivity contribution in [2.45, 2.75) is 32.6 Å². The minimum Gasteiger partial charge on any atom is -0.494 e. The molecule has 0 aliphatic carbocycles. The molecule has 0 aliphatic rings. The van der Waals surface area contributed by atoms with E-state index in [9.17, 15) is 13.2 Å². The zero-order valence-electron chi connectivity index (χ0n) is 19.0. The Morgan fingerprint density at radius 1 is 1.06 bits per heavy atom. The van der Waals surface area contributed by atoms with Crippen LogP contribution in [0.5, 0.6) is 5.75 Å². The van der Waals surface area contributed by atoms with Crippen LogP contribution in [0, 0.1) is 11.8 Å². The number of fused-ring (bicyclic) bond motifs is 1. The highest BCUT2D eigenvalue weighted by Gasteiger charge is 2.26. The standard InChI is InChI=1S/C23H29N3O4S2/c1-15(2)13-26(14-16(3)4)32(28,29)18-11-9-17(10-12-18)22(27)25-23-24-21-19(30-5)7-6-8-20(21)31-23/h6-12,15-16H,13-14H2,1-5H3,(H,24,25,27). The Balaban J connectivity index is 1.79. The molecule has 7 nitrogen and oxygen atoms in total. The van der Waals surface area contributed by atoms with E-state index in [4.69, 9.17) is 4.74 Å². The number of sulfonamides is 1. The second kappa shape index (κ2) is 9.97. The van der Waals surface area contributed by atoms with E-state index in [1.54, 1.807) is 7.11 Å². The van der Waals surface area contributed by atoms with Gasteiger partial charge in [-0.3, -0.25) is 10.1 Å². The van der Waals surface area contributed by atoms with Gasteiger partial charge in [-0.05, 0) is 48.2 Å². The molecule has 0 atom stereocenters. The normalized spacial score (nSPS) is 12.1. The van der Waals surface area contributed by atoms with E-state index in [1.807, 2.05) is 45.9 Å². The molecule has 0 radical (unpaired) electrons. The maximum absolute atomic E-state index is 13.1. The van der Waals surface area contributed by atoms with Gasteiger partial charge in [0.15, 0.2) is 5.13 Å². The fourth-order valence-electron chi connectivity index (χ4n) is 3.32. The van der Waals surface area contributed by atoms with Crippen LogP contribution in [0.2, 0.25) is 0 Å².